The van der Waals surface area contributed by atoms with Crippen LogP contribution in [0.5, 0.6) is 0 Å². The zero-order chi connectivity index (χ0) is 22.8. The third-order valence-electron chi connectivity index (χ3n) is 5.27. The van der Waals surface area contributed by atoms with Crippen molar-refractivity contribution in [3.05, 3.63) is 83.2 Å². The molecule has 0 saturated heterocycles. The van der Waals surface area contributed by atoms with Crippen LogP contribution in [0, 0.1) is 5.82 Å². The zero-order valence-corrected chi connectivity index (χ0v) is 17.0. The summed E-state index contributed by atoms with van der Waals surface area (Å²) < 4.78 is 52.6. The summed E-state index contributed by atoms with van der Waals surface area (Å²) in [5, 5.41) is 2.60. The molecule has 1 unspecified atom stereocenters. The fraction of sp³-hybridized carbons (Fsp3) is 0.304. The maximum absolute atomic E-state index is 13.7. The second kappa shape index (κ2) is 8.53. The molecule has 1 heterocycles. The molecule has 8 heteroatoms. The summed E-state index contributed by atoms with van der Waals surface area (Å²) >= 11 is 0. The predicted octanol–water partition coefficient (Wildman–Crippen LogP) is 4.25. The molecule has 0 aromatic heterocycles. The molecule has 2 amide bonds. The Kier molecular flexibility index (Phi) is 6.20. The van der Waals surface area contributed by atoms with Crippen LogP contribution in [-0.2, 0) is 28.7 Å². The standard InChI is InChI=1S/C23H22F4N2O2/c1-15-8-9-22(29(15)16(2)30,13-17-6-4-3-5-7-17)21(31)28-14-18-10-19(23(25,26)27)12-20(24)11-18/h3-12,15H,13-14H2,1-2H3,(H,28,31)/t15?,22-/m0/s1. The molecule has 0 bridgehead atoms. The Morgan fingerprint density at radius 3 is 2.39 bits per heavy atom. The minimum Gasteiger partial charge on any atom is -0.350 e. The second-order valence-electron chi connectivity index (χ2n) is 7.60. The van der Waals surface area contributed by atoms with Crippen molar-refractivity contribution >= 4 is 11.8 Å². The average Bonchev–Trinajstić information content (AvgIpc) is 3.03. The van der Waals surface area contributed by atoms with Crippen LogP contribution < -0.4 is 5.32 Å². The average molecular weight is 434 g/mol. The van der Waals surface area contributed by atoms with Gasteiger partial charge >= 0.3 is 6.18 Å². The topological polar surface area (TPSA) is 49.4 Å². The van der Waals surface area contributed by atoms with Gasteiger partial charge in [-0.1, -0.05) is 42.5 Å². The first-order chi connectivity index (χ1) is 14.5. The highest BCUT2D eigenvalue weighted by molar-refractivity contribution is 5.94. The van der Waals surface area contributed by atoms with Gasteiger partial charge in [0.1, 0.15) is 11.4 Å². The molecular weight excluding hydrogens is 412 g/mol. The minimum atomic E-state index is -4.70. The number of nitrogens with zero attached hydrogens (tertiary/aromatic N) is 1. The molecular formula is C23H22F4N2O2. The summed E-state index contributed by atoms with van der Waals surface area (Å²) in [5.74, 6) is -1.91. The van der Waals surface area contributed by atoms with E-state index in [0.29, 0.717) is 6.07 Å². The van der Waals surface area contributed by atoms with E-state index in [1.807, 2.05) is 30.3 Å². The van der Waals surface area contributed by atoms with Crippen LogP contribution in [0.3, 0.4) is 0 Å². The molecule has 2 aromatic carbocycles. The van der Waals surface area contributed by atoms with Gasteiger partial charge in [-0.3, -0.25) is 9.59 Å². The summed E-state index contributed by atoms with van der Waals surface area (Å²) in [5.41, 5.74) is -1.68. The van der Waals surface area contributed by atoms with E-state index in [-0.39, 0.29) is 30.5 Å². The molecule has 2 atom stereocenters. The molecule has 0 saturated carbocycles. The summed E-state index contributed by atoms with van der Waals surface area (Å²) in [6, 6.07) is 10.9. The van der Waals surface area contributed by atoms with Gasteiger partial charge < -0.3 is 10.2 Å². The van der Waals surface area contributed by atoms with Crippen LogP contribution >= 0.6 is 0 Å². The van der Waals surface area contributed by atoms with Gasteiger partial charge in [0.05, 0.1) is 5.56 Å². The lowest BCUT2D eigenvalue weighted by Gasteiger charge is -2.38. The number of carbonyl (C=O) groups excluding carboxylic acids is 2. The number of halogens is 4. The SMILES string of the molecule is CC(=O)N1C(C)C=C[C@]1(Cc1ccccc1)C(=O)NCc1cc(F)cc(C(F)(F)F)c1. The molecule has 0 fully saturated rings. The lowest BCUT2D eigenvalue weighted by Crippen LogP contribution is -2.60. The third kappa shape index (κ3) is 4.78. The molecule has 0 spiro atoms. The lowest BCUT2D eigenvalue weighted by molar-refractivity contribution is -0.144. The van der Waals surface area contributed by atoms with E-state index in [1.165, 1.54) is 11.8 Å². The van der Waals surface area contributed by atoms with Gasteiger partial charge in [0.2, 0.25) is 5.91 Å². The second-order valence-corrected chi connectivity index (χ2v) is 7.60. The van der Waals surface area contributed by atoms with Gasteiger partial charge in [0.25, 0.3) is 5.91 Å². The van der Waals surface area contributed by atoms with E-state index in [2.05, 4.69) is 5.32 Å². The number of hydrogen-bond donors (Lipinski definition) is 1. The fourth-order valence-electron chi connectivity index (χ4n) is 3.96. The van der Waals surface area contributed by atoms with Crippen LogP contribution in [0.4, 0.5) is 17.6 Å². The maximum atomic E-state index is 13.7. The molecule has 1 aliphatic rings. The highest BCUT2D eigenvalue weighted by Gasteiger charge is 2.48. The predicted molar refractivity (Wildman–Crippen MR) is 107 cm³/mol. The first-order valence-electron chi connectivity index (χ1n) is 9.71. The van der Waals surface area contributed by atoms with Crippen molar-refractivity contribution < 1.29 is 27.2 Å². The molecule has 1 N–H and O–H groups in total. The van der Waals surface area contributed by atoms with Gasteiger partial charge in [-0.2, -0.15) is 13.2 Å². The number of rotatable bonds is 5. The van der Waals surface area contributed by atoms with Crippen molar-refractivity contribution in [2.45, 2.75) is 44.6 Å². The van der Waals surface area contributed by atoms with Gasteiger partial charge in [-0.25, -0.2) is 4.39 Å². The van der Waals surface area contributed by atoms with Crippen LogP contribution in [0.1, 0.15) is 30.5 Å². The van der Waals surface area contributed by atoms with Gasteiger partial charge in [-0.05, 0) is 36.2 Å². The van der Waals surface area contributed by atoms with Crippen molar-refractivity contribution in [3.63, 3.8) is 0 Å². The first-order valence-corrected chi connectivity index (χ1v) is 9.71. The van der Waals surface area contributed by atoms with Gasteiger partial charge in [0.15, 0.2) is 0 Å². The quantitative estimate of drug-likeness (QED) is 0.565. The third-order valence-corrected chi connectivity index (χ3v) is 5.27. The monoisotopic (exact) mass is 434 g/mol. The Morgan fingerprint density at radius 1 is 1.10 bits per heavy atom. The fourth-order valence-corrected chi connectivity index (χ4v) is 3.96. The Balaban J connectivity index is 1.89. The van der Waals surface area contributed by atoms with Crippen LogP contribution in [0.25, 0.3) is 0 Å². The van der Waals surface area contributed by atoms with Gasteiger partial charge in [-0.15, -0.1) is 0 Å². The summed E-state index contributed by atoms with van der Waals surface area (Å²) in [6.45, 7) is 2.82. The summed E-state index contributed by atoms with van der Waals surface area (Å²) in [7, 11) is 0. The molecule has 1 aliphatic heterocycles. The summed E-state index contributed by atoms with van der Waals surface area (Å²) in [6.07, 6.45) is -1.12. The van der Waals surface area contributed by atoms with Crippen molar-refractivity contribution in [2.24, 2.45) is 0 Å². The minimum absolute atomic E-state index is 0.0278. The van der Waals surface area contributed by atoms with Crippen molar-refractivity contribution in [3.8, 4) is 0 Å². The number of nitrogens with one attached hydrogen (secondary N) is 1. The van der Waals surface area contributed by atoms with Gasteiger partial charge in [0, 0.05) is 25.9 Å². The number of benzene rings is 2. The molecule has 31 heavy (non-hydrogen) atoms. The Morgan fingerprint density at radius 2 is 1.77 bits per heavy atom. The van der Waals surface area contributed by atoms with Crippen molar-refractivity contribution in [2.75, 3.05) is 0 Å². The zero-order valence-electron chi connectivity index (χ0n) is 17.0. The first kappa shape index (κ1) is 22.5. The Labute approximate surface area is 177 Å². The number of hydrogen-bond acceptors (Lipinski definition) is 2. The molecule has 2 aromatic rings. The smallest absolute Gasteiger partial charge is 0.350 e. The highest BCUT2D eigenvalue weighted by atomic mass is 19.4. The van der Waals surface area contributed by atoms with E-state index < -0.39 is 29.0 Å². The van der Waals surface area contributed by atoms with E-state index >= 15 is 0 Å². The van der Waals surface area contributed by atoms with Crippen molar-refractivity contribution in [1.82, 2.24) is 10.2 Å². The molecule has 4 nitrogen and oxygen atoms in total. The normalized spacial score (nSPS) is 20.7. The molecule has 164 valence electrons. The van der Waals surface area contributed by atoms with E-state index in [1.54, 1.807) is 19.1 Å². The molecule has 3 rings (SSSR count). The number of carbonyl (C=O) groups is 2. The van der Waals surface area contributed by atoms with Crippen LogP contribution in [0.2, 0.25) is 0 Å². The van der Waals surface area contributed by atoms with E-state index in [4.69, 9.17) is 0 Å². The molecule has 0 aliphatic carbocycles. The van der Waals surface area contributed by atoms with E-state index in [0.717, 1.165) is 17.7 Å². The highest BCUT2D eigenvalue weighted by Crippen LogP contribution is 2.33. The Hall–Kier alpha value is -3.16. The largest absolute Gasteiger partial charge is 0.416 e. The summed E-state index contributed by atoms with van der Waals surface area (Å²) in [4.78, 5) is 27.1. The Bertz CT molecular complexity index is 1000. The number of alkyl halides is 3. The van der Waals surface area contributed by atoms with E-state index in [9.17, 15) is 27.2 Å². The lowest BCUT2D eigenvalue weighted by atomic mass is 9.89. The maximum Gasteiger partial charge on any atom is 0.416 e. The van der Waals surface area contributed by atoms with Crippen LogP contribution in [-0.4, -0.2) is 28.3 Å². The van der Waals surface area contributed by atoms with Crippen LogP contribution in [0.15, 0.2) is 60.7 Å². The van der Waals surface area contributed by atoms with Crippen molar-refractivity contribution in [1.29, 1.82) is 0 Å². The molecule has 0 radical (unpaired) electrons. The number of amides is 2.